The molecule has 4 rings (SSSR count). The highest BCUT2D eigenvalue weighted by atomic mass is 32.1. The first-order chi connectivity index (χ1) is 11.4. The van der Waals surface area contributed by atoms with Crippen LogP contribution in [-0.2, 0) is 6.54 Å². The molecule has 3 aromatic heterocycles. The number of nitrogens with one attached hydrogen (secondary N) is 1. The van der Waals surface area contributed by atoms with E-state index in [0.717, 1.165) is 22.1 Å². The highest BCUT2D eigenvalue weighted by molar-refractivity contribution is 7.14. The maximum absolute atomic E-state index is 4.68. The third kappa shape index (κ3) is 3.15. The minimum atomic E-state index is 0.701. The lowest BCUT2D eigenvalue weighted by molar-refractivity contribution is 1.04. The van der Waals surface area contributed by atoms with E-state index in [0.29, 0.717) is 6.54 Å². The second-order valence-electron chi connectivity index (χ2n) is 4.93. The van der Waals surface area contributed by atoms with Crippen LogP contribution in [0.25, 0.3) is 16.3 Å². The summed E-state index contributed by atoms with van der Waals surface area (Å²) in [5.41, 5.74) is 4.31. The Bertz CT molecular complexity index is 881. The van der Waals surface area contributed by atoms with Crippen molar-refractivity contribution in [1.82, 2.24) is 19.7 Å². The van der Waals surface area contributed by atoms with Gasteiger partial charge in [-0.05, 0) is 29.6 Å². The number of aromatic nitrogens is 4. The highest BCUT2D eigenvalue weighted by Gasteiger charge is 2.05. The summed E-state index contributed by atoms with van der Waals surface area (Å²) < 4.78 is 1.88. The topological polar surface area (TPSA) is 55.6 Å². The molecule has 5 nitrogen and oxygen atoms in total. The summed E-state index contributed by atoms with van der Waals surface area (Å²) in [5, 5.41) is 18.5. The van der Waals surface area contributed by atoms with Gasteiger partial charge in [0.25, 0.3) is 0 Å². The molecular formula is C16H13N5S2. The molecule has 0 spiro atoms. The second kappa shape index (κ2) is 6.31. The molecule has 0 aliphatic heterocycles. The molecule has 0 saturated heterocycles. The van der Waals surface area contributed by atoms with Crippen molar-refractivity contribution in [2.75, 3.05) is 5.32 Å². The first-order valence-corrected chi connectivity index (χ1v) is 8.87. The molecule has 0 bridgehead atoms. The summed E-state index contributed by atoms with van der Waals surface area (Å²) in [4.78, 5) is 4.68. The molecule has 4 aromatic rings. The predicted octanol–water partition coefficient (Wildman–Crippen LogP) is 4.06. The monoisotopic (exact) mass is 339 g/mol. The second-order valence-corrected chi connectivity index (χ2v) is 6.57. The summed E-state index contributed by atoms with van der Waals surface area (Å²) in [6.45, 7) is 0.701. The summed E-state index contributed by atoms with van der Waals surface area (Å²) in [6.07, 6.45) is 3.37. The summed E-state index contributed by atoms with van der Waals surface area (Å²) in [6, 6.07) is 10.2. The lowest BCUT2D eigenvalue weighted by Crippen LogP contribution is -2.00. The molecule has 114 valence electrons. The Morgan fingerprint density at radius 3 is 2.83 bits per heavy atom. The molecule has 0 amide bonds. The Labute approximate surface area is 141 Å². The fraction of sp³-hybridized carbons (Fsp3) is 0.0625. The van der Waals surface area contributed by atoms with Crippen molar-refractivity contribution in [2.45, 2.75) is 6.54 Å². The van der Waals surface area contributed by atoms with Gasteiger partial charge in [0, 0.05) is 22.0 Å². The molecule has 7 heteroatoms. The number of benzene rings is 1. The number of anilines is 1. The lowest BCUT2D eigenvalue weighted by atomic mass is 10.2. The smallest absolute Gasteiger partial charge is 0.124 e. The van der Waals surface area contributed by atoms with Crippen LogP contribution in [0.2, 0.25) is 0 Å². The number of thiazole rings is 1. The fourth-order valence-electron chi connectivity index (χ4n) is 2.21. The molecule has 0 radical (unpaired) electrons. The van der Waals surface area contributed by atoms with Crippen LogP contribution in [0.1, 0.15) is 5.69 Å². The third-order valence-electron chi connectivity index (χ3n) is 3.36. The number of hydrogen-bond acceptors (Lipinski definition) is 6. The Hall–Kier alpha value is -2.51. The molecule has 0 saturated carbocycles. The largest absolute Gasteiger partial charge is 0.379 e. The average molecular weight is 339 g/mol. The van der Waals surface area contributed by atoms with E-state index >= 15 is 0 Å². The number of rotatable bonds is 5. The van der Waals surface area contributed by atoms with Gasteiger partial charge in [0.15, 0.2) is 0 Å². The van der Waals surface area contributed by atoms with Gasteiger partial charge in [-0.2, -0.15) is 11.3 Å². The van der Waals surface area contributed by atoms with Gasteiger partial charge in [0.1, 0.15) is 17.7 Å². The molecule has 0 fully saturated rings. The fourth-order valence-corrected chi connectivity index (χ4v) is 3.74. The first kappa shape index (κ1) is 14.1. The maximum Gasteiger partial charge on any atom is 0.124 e. The summed E-state index contributed by atoms with van der Waals surface area (Å²) in [7, 11) is 0. The van der Waals surface area contributed by atoms with Crippen molar-refractivity contribution in [1.29, 1.82) is 0 Å². The molecule has 1 N–H and O–H groups in total. The van der Waals surface area contributed by atoms with Crippen LogP contribution in [0.3, 0.4) is 0 Å². The first-order valence-electron chi connectivity index (χ1n) is 7.04. The van der Waals surface area contributed by atoms with Gasteiger partial charge in [0.05, 0.1) is 17.9 Å². The van der Waals surface area contributed by atoms with Gasteiger partial charge in [-0.25, -0.2) is 4.98 Å². The van der Waals surface area contributed by atoms with Gasteiger partial charge in [-0.15, -0.1) is 21.5 Å². The molecule has 0 aliphatic rings. The zero-order valence-corrected chi connectivity index (χ0v) is 13.7. The van der Waals surface area contributed by atoms with Crippen LogP contribution in [0.4, 0.5) is 5.69 Å². The molecule has 3 heterocycles. The number of hydrogen-bond donors (Lipinski definition) is 1. The van der Waals surface area contributed by atoms with Crippen LogP contribution in [-0.4, -0.2) is 19.7 Å². The molecule has 1 aromatic carbocycles. The number of thiophene rings is 1. The van der Waals surface area contributed by atoms with Crippen LogP contribution >= 0.6 is 22.7 Å². The van der Waals surface area contributed by atoms with Crippen molar-refractivity contribution < 1.29 is 0 Å². The standard InChI is InChI=1S/C16H13N5S2/c1-2-13(6-15(3-1)21-10-18-19-11-21)17-7-14-9-23-16(20-14)12-4-5-22-8-12/h1-6,8-11,17H,7H2. The SMILES string of the molecule is c1cc(NCc2csc(-c3ccsc3)n2)cc(-n2cnnc2)c1. The van der Waals surface area contributed by atoms with E-state index < -0.39 is 0 Å². The zero-order chi connectivity index (χ0) is 15.5. The van der Waals surface area contributed by atoms with Crippen LogP contribution in [0, 0.1) is 0 Å². The summed E-state index contributed by atoms with van der Waals surface area (Å²) >= 11 is 3.37. The molecule has 0 atom stereocenters. The minimum absolute atomic E-state index is 0.701. The molecule has 23 heavy (non-hydrogen) atoms. The van der Waals surface area contributed by atoms with Gasteiger partial charge < -0.3 is 5.32 Å². The maximum atomic E-state index is 4.68. The van der Waals surface area contributed by atoms with E-state index in [1.165, 1.54) is 5.56 Å². The molecule has 0 unspecified atom stereocenters. The molecular weight excluding hydrogens is 326 g/mol. The van der Waals surface area contributed by atoms with E-state index in [-0.39, 0.29) is 0 Å². The van der Waals surface area contributed by atoms with E-state index in [1.807, 2.05) is 22.8 Å². The third-order valence-corrected chi connectivity index (χ3v) is 4.98. The predicted molar refractivity (Wildman–Crippen MR) is 94.1 cm³/mol. The minimum Gasteiger partial charge on any atom is -0.379 e. The van der Waals surface area contributed by atoms with E-state index in [4.69, 9.17) is 0 Å². The van der Waals surface area contributed by atoms with Gasteiger partial charge in [0.2, 0.25) is 0 Å². The van der Waals surface area contributed by atoms with Gasteiger partial charge in [-0.3, -0.25) is 4.57 Å². The van der Waals surface area contributed by atoms with Crippen molar-refractivity contribution in [3.05, 3.63) is 64.8 Å². The Morgan fingerprint density at radius 2 is 2.00 bits per heavy atom. The Kier molecular flexibility index (Phi) is 3.87. The molecule has 0 aliphatic carbocycles. The van der Waals surface area contributed by atoms with Crippen molar-refractivity contribution in [3.8, 4) is 16.3 Å². The van der Waals surface area contributed by atoms with Crippen molar-refractivity contribution in [3.63, 3.8) is 0 Å². The van der Waals surface area contributed by atoms with E-state index in [2.05, 4.69) is 48.8 Å². The number of nitrogens with zero attached hydrogens (tertiary/aromatic N) is 4. The van der Waals surface area contributed by atoms with Crippen LogP contribution in [0.5, 0.6) is 0 Å². The quantitative estimate of drug-likeness (QED) is 0.595. The van der Waals surface area contributed by atoms with E-state index in [1.54, 1.807) is 35.3 Å². The lowest BCUT2D eigenvalue weighted by Gasteiger charge is -2.07. The highest BCUT2D eigenvalue weighted by Crippen LogP contribution is 2.26. The average Bonchev–Trinajstić information content (AvgIpc) is 3.35. The zero-order valence-electron chi connectivity index (χ0n) is 12.1. The normalized spacial score (nSPS) is 10.8. The van der Waals surface area contributed by atoms with Crippen LogP contribution < -0.4 is 5.32 Å². The summed E-state index contributed by atoms with van der Waals surface area (Å²) in [5.74, 6) is 0. The van der Waals surface area contributed by atoms with Crippen molar-refractivity contribution in [2.24, 2.45) is 0 Å². The Morgan fingerprint density at radius 1 is 1.09 bits per heavy atom. The van der Waals surface area contributed by atoms with Gasteiger partial charge >= 0.3 is 0 Å². The Balaban J connectivity index is 1.46. The van der Waals surface area contributed by atoms with Gasteiger partial charge in [-0.1, -0.05) is 6.07 Å². The van der Waals surface area contributed by atoms with Crippen molar-refractivity contribution >= 4 is 28.4 Å². The van der Waals surface area contributed by atoms with E-state index in [9.17, 15) is 0 Å². The van der Waals surface area contributed by atoms with Crippen LogP contribution in [0.15, 0.2) is 59.1 Å².